The molecule has 1 aromatic heterocycles. The van der Waals surface area contributed by atoms with Gasteiger partial charge in [0.05, 0.1) is 23.5 Å². The van der Waals surface area contributed by atoms with Gasteiger partial charge in [0.1, 0.15) is 5.82 Å². The minimum absolute atomic E-state index is 0.123. The molecule has 3 rings (SSSR count). The summed E-state index contributed by atoms with van der Waals surface area (Å²) in [5.41, 5.74) is 8.48. The standard InChI is InChI=1S/C23H34F2N6O/c1-4-27-20-13-19(29-14-21-28-10-11-31(21)5-2)17(12-18(20)26)22(32)30-16-8-6-15(7-9-16)23(3,24)25/h10-13,15-16,27,29H,4-9,14,26H2,1-3H3,(H,30,32). The molecule has 1 fully saturated rings. The van der Waals surface area contributed by atoms with E-state index in [0.29, 0.717) is 55.7 Å². The summed E-state index contributed by atoms with van der Waals surface area (Å²) in [6, 6.07) is 3.37. The molecular weight excluding hydrogens is 414 g/mol. The van der Waals surface area contributed by atoms with Crippen molar-refractivity contribution < 1.29 is 13.6 Å². The fourth-order valence-electron chi connectivity index (χ4n) is 4.27. The number of hydrogen-bond donors (Lipinski definition) is 4. The van der Waals surface area contributed by atoms with Crippen LogP contribution in [0.1, 0.15) is 62.6 Å². The summed E-state index contributed by atoms with van der Waals surface area (Å²) in [5, 5.41) is 9.55. The first-order valence-corrected chi connectivity index (χ1v) is 11.3. The number of rotatable bonds is 9. The van der Waals surface area contributed by atoms with E-state index in [2.05, 4.69) is 20.9 Å². The van der Waals surface area contributed by atoms with Crippen LogP contribution in [0.4, 0.5) is 25.8 Å². The highest BCUT2D eigenvalue weighted by molar-refractivity contribution is 6.02. The van der Waals surface area contributed by atoms with E-state index in [-0.39, 0.29) is 11.9 Å². The van der Waals surface area contributed by atoms with E-state index in [0.717, 1.165) is 25.0 Å². The summed E-state index contributed by atoms with van der Waals surface area (Å²) < 4.78 is 29.2. The lowest BCUT2D eigenvalue weighted by atomic mass is 9.82. The summed E-state index contributed by atoms with van der Waals surface area (Å²) >= 11 is 0. The molecular formula is C23H34F2N6O. The van der Waals surface area contributed by atoms with Gasteiger partial charge in [0, 0.05) is 43.1 Å². The Hall–Kier alpha value is -2.84. The fraction of sp³-hybridized carbons (Fsp3) is 0.565. The summed E-state index contributed by atoms with van der Waals surface area (Å²) in [5.74, 6) is -2.69. The molecule has 0 radical (unpaired) electrons. The van der Waals surface area contributed by atoms with E-state index < -0.39 is 11.8 Å². The Morgan fingerprint density at radius 3 is 2.53 bits per heavy atom. The van der Waals surface area contributed by atoms with Gasteiger partial charge in [-0.05, 0) is 58.6 Å². The second-order valence-corrected chi connectivity index (χ2v) is 8.48. The Morgan fingerprint density at radius 2 is 1.91 bits per heavy atom. The van der Waals surface area contributed by atoms with Crippen LogP contribution in [-0.2, 0) is 13.1 Å². The van der Waals surface area contributed by atoms with E-state index in [1.54, 1.807) is 12.3 Å². The van der Waals surface area contributed by atoms with Crippen LogP contribution in [0.15, 0.2) is 24.5 Å². The molecule has 1 amide bonds. The van der Waals surface area contributed by atoms with Gasteiger partial charge < -0.3 is 26.3 Å². The van der Waals surface area contributed by atoms with Crippen molar-refractivity contribution in [3.63, 3.8) is 0 Å². The van der Waals surface area contributed by atoms with Gasteiger partial charge in [-0.1, -0.05) is 0 Å². The van der Waals surface area contributed by atoms with Crippen molar-refractivity contribution in [2.24, 2.45) is 5.92 Å². The van der Waals surface area contributed by atoms with E-state index in [1.165, 1.54) is 0 Å². The highest BCUT2D eigenvalue weighted by Gasteiger charge is 2.37. The molecule has 7 nitrogen and oxygen atoms in total. The number of carbonyl (C=O) groups is 1. The van der Waals surface area contributed by atoms with Gasteiger partial charge in [-0.25, -0.2) is 13.8 Å². The Kier molecular flexibility index (Phi) is 7.58. The Bertz CT molecular complexity index is 916. The minimum Gasteiger partial charge on any atom is -0.397 e. The number of nitrogen functional groups attached to an aromatic ring is 1. The molecule has 32 heavy (non-hydrogen) atoms. The maximum atomic E-state index is 13.6. The van der Waals surface area contributed by atoms with E-state index >= 15 is 0 Å². The first-order chi connectivity index (χ1) is 15.2. The molecule has 1 heterocycles. The Morgan fingerprint density at radius 1 is 1.19 bits per heavy atom. The molecule has 2 aromatic rings. The van der Waals surface area contributed by atoms with Gasteiger partial charge >= 0.3 is 0 Å². The van der Waals surface area contributed by atoms with Crippen LogP contribution < -0.4 is 21.7 Å². The molecule has 9 heteroatoms. The smallest absolute Gasteiger partial charge is 0.253 e. The number of carbonyl (C=O) groups excluding carboxylic acids is 1. The average Bonchev–Trinajstić information content (AvgIpc) is 3.21. The molecule has 0 saturated heterocycles. The van der Waals surface area contributed by atoms with Crippen molar-refractivity contribution in [3.05, 3.63) is 35.9 Å². The fourth-order valence-corrected chi connectivity index (χ4v) is 4.27. The quantitative estimate of drug-likeness (QED) is 0.424. The zero-order chi connectivity index (χ0) is 23.3. The largest absolute Gasteiger partial charge is 0.397 e. The predicted octanol–water partition coefficient (Wildman–Crippen LogP) is 4.47. The third-order valence-corrected chi connectivity index (χ3v) is 6.16. The number of benzene rings is 1. The first kappa shape index (κ1) is 23.8. The lowest BCUT2D eigenvalue weighted by Crippen LogP contribution is -2.40. The van der Waals surface area contributed by atoms with Crippen molar-refractivity contribution in [3.8, 4) is 0 Å². The molecule has 1 aliphatic carbocycles. The predicted molar refractivity (Wildman–Crippen MR) is 124 cm³/mol. The van der Waals surface area contributed by atoms with Crippen LogP contribution in [0.5, 0.6) is 0 Å². The van der Waals surface area contributed by atoms with E-state index in [1.807, 2.05) is 30.7 Å². The van der Waals surface area contributed by atoms with Crippen molar-refractivity contribution in [2.75, 3.05) is 22.9 Å². The minimum atomic E-state index is -2.67. The molecule has 5 N–H and O–H groups in total. The normalized spacial score (nSPS) is 18.9. The first-order valence-electron chi connectivity index (χ1n) is 11.3. The molecule has 0 spiro atoms. The number of aryl methyl sites for hydroxylation is 1. The number of imidazole rings is 1. The molecule has 1 aliphatic rings. The molecule has 0 aliphatic heterocycles. The molecule has 176 valence electrons. The number of nitrogens with one attached hydrogen (secondary N) is 3. The van der Waals surface area contributed by atoms with Gasteiger partial charge in [-0.3, -0.25) is 4.79 Å². The van der Waals surface area contributed by atoms with Crippen LogP contribution in [0.25, 0.3) is 0 Å². The number of alkyl halides is 2. The average molecular weight is 449 g/mol. The number of nitrogens with two attached hydrogens (primary N) is 1. The zero-order valence-electron chi connectivity index (χ0n) is 19.0. The van der Waals surface area contributed by atoms with Crippen molar-refractivity contribution in [2.45, 2.75) is 71.5 Å². The van der Waals surface area contributed by atoms with Crippen molar-refractivity contribution in [1.82, 2.24) is 14.9 Å². The monoisotopic (exact) mass is 448 g/mol. The van der Waals surface area contributed by atoms with Crippen molar-refractivity contribution in [1.29, 1.82) is 0 Å². The summed E-state index contributed by atoms with van der Waals surface area (Å²) in [6.45, 7) is 6.94. The maximum Gasteiger partial charge on any atom is 0.253 e. The van der Waals surface area contributed by atoms with Crippen LogP contribution in [0.3, 0.4) is 0 Å². The number of hydrogen-bond acceptors (Lipinski definition) is 5. The van der Waals surface area contributed by atoms with E-state index in [4.69, 9.17) is 5.73 Å². The Labute approximate surface area is 188 Å². The lowest BCUT2D eigenvalue weighted by Gasteiger charge is -2.32. The number of amides is 1. The highest BCUT2D eigenvalue weighted by atomic mass is 19.3. The van der Waals surface area contributed by atoms with Crippen LogP contribution in [0.2, 0.25) is 0 Å². The Balaban J connectivity index is 1.75. The van der Waals surface area contributed by atoms with Crippen LogP contribution >= 0.6 is 0 Å². The van der Waals surface area contributed by atoms with E-state index in [9.17, 15) is 13.6 Å². The van der Waals surface area contributed by atoms with Crippen LogP contribution in [0, 0.1) is 5.92 Å². The molecule has 1 aromatic carbocycles. The second-order valence-electron chi connectivity index (χ2n) is 8.48. The van der Waals surface area contributed by atoms with Gasteiger partial charge in [0.2, 0.25) is 5.92 Å². The number of anilines is 3. The number of halogens is 2. The third-order valence-electron chi connectivity index (χ3n) is 6.16. The molecule has 0 atom stereocenters. The molecule has 1 saturated carbocycles. The zero-order valence-corrected chi connectivity index (χ0v) is 19.0. The SMILES string of the molecule is CCNc1cc(NCc2nccn2CC)c(C(=O)NC2CCC(C(C)(F)F)CC2)cc1N. The van der Waals surface area contributed by atoms with Gasteiger partial charge in [-0.2, -0.15) is 0 Å². The number of nitrogens with zero attached hydrogens (tertiary/aromatic N) is 2. The second kappa shape index (κ2) is 10.2. The van der Waals surface area contributed by atoms with Crippen molar-refractivity contribution >= 4 is 23.0 Å². The summed E-state index contributed by atoms with van der Waals surface area (Å²) in [7, 11) is 0. The third kappa shape index (κ3) is 5.69. The van der Waals surface area contributed by atoms with Gasteiger partial charge in [0.25, 0.3) is 5.91 Å². The lowest BCUT2D eigenvalue weighted by molar-refractivity contribution is -0.0551. The maximum absolute atomic E-state index is 13.6. The molecule has 0 bridgehead atoms. The number of aromatic nitrogens is 2. The summed E-state index contributed by atoms with van der Waals surface area (Å²) in [6.07, 6.45) is 5.55. The topological polar surface area (TPSA) is 97.0 Å². The highest BCUT2D eigenvalue weighted by Crippen LogP contribution is 2.36. The van der Waals surface area contributed by atoms with Gasteiger partial charge in [-0.15, -0.1) is 0 Å². The van der Waals surface area contributed by atoms with Crippen LogP contribution in [-0.4, -0.2) is 34.0 Å². The molecule has 0 unspecified atom stereocenters. The summed E-state index contributed by atoms with van der Waals surface area (Å²) in [4.78, 5) is 17.5. The van der Waals surface area contributed by atoms with Gasteiger partial charge in [0.15, 0.2) is 0 Å².